The number of benzene rings is 1. The Morgan fingerprint density at radius 1 is 1.37 bits per heavy atom. The molecule has 2 rings (SSSR count). The summed E-state index contributed by atoms with van der Waals surface area (Å²) in [6.07, 6.45) is 4.79. The number of rotatable bonds is 5. The molecule has 0 heterocycles. The molecule has 0 unspecified atom stereocenters. The lowest BCUT2D eigenvalue weighted by atomic mass is 9.87. The van der Waals surface area contributed by atoms with Gasteiger partial charge in [-0.2, -0.15) is 0 Å². The third-order valence-electron chi connectivity index (χ3n) is 4.11. The normalized spacial score (nSPS) is 17.4. The molecule has 0 atom stereocenters. The predicted molar refractivity (Wildman–Crippen MR) is 75.9 cm³/mol. The van der Waals surface area contributed by atoms with Crippen LogP contribution in [-0.2, 0) is 11.2 Å². The summed E-state index contributed by atoms with van der Waals surface area (Å²) in [7, 11) is 0. The zero-order chi connectivity index (χ0) is 13.7. The van der Waals surface area contributed by atoms with Crippen LogP contribution in [0.1, 0.15) is 36.8 Å². The number of aliphatic hydroxyl groups excluding tert-OH is 1. The quantitative estimate of drug-likeness (QED) is 0.853. The first kappa shape index (κ1) is 14.1. The molecule has 1 saturated carbocycles. The molecule has 0 spiro atoms. The number of carbonyl (C=O) groups is 1. The van der Waals surface area contributed by atoms with Gasteiger partial charge in [0.2, 0.25) is 5.91 Å². The van der Waals surface area contributed by atoms with E-state index in [1.54, 1.807) is 0 Å². The van der Waals surface area contributed by atoms with Gasteiger partial charge in [-0.05, 0) is 25.3 Å². The molecule has 2 N–H and O–H groups in total. The molecule has 1 amide bonds. The zero-order valence-corrected chi connectivity index (χ0v) is 11.6. The Morgan fingerprint density at radius 3 is 2.74 bits per heavy atom. The van der Waals surface area contributed by atoms with E-state index < -0.39 is 0 Å². The van der Waals surface area contributed by atoms with E-state index in [1.807, 2.05) is 31.2 Å². The molecule has 0 bridgehead atoms. The van der Waals surface area contributed by atoms with E-state index in [1.165, 1.54) is 5.56 Å². The molecule has 1 aromatic rings. The van der Waals surface area contributed by atoms with Crippen molar-refractivity contribution in [2.24, 2.45) is 5.41 Å². The highest BCUT2D eigenvalue weighted by molar-refractivity contribution is 5.78. The van der Waals surface area contributed by atoms with Crippen LogP contribution in [0.3, 0.4) is 0 Å². The molecule has 104 valence electrons. The first-order chi connectivity index (χ1) is 9.13. The van der Waals surface area contributed by atoms with Gasteiger partial charge in [0.1, 0.15) is 0 Å². The van der Waals surface area contributed by atoms with Crippen molar-refractivity contribution in [2.75, 3.05) is 13.2 Å². The Kier molecular flexibility index (Phi) is 4.59. The highest BCUT2D eigenvalue weighted by Crippen LogP contribution is 2.36. The first-order valence-electron chi connectivity index (χ1n) is 7.07. The Hall–Kier alpha value is -1.35. The summed E-state index contributed by atoms with van der Waals surface area (Å²) in [5, 5.41) is 12.5. The summed E-state index contributed by atoms with van der Waals surface area (Å²) in [6, 6.07) is 8.02. The van der Waals surface area contributed by atoms with Crippen LogP contribution >= 0.6 is 0 Å². The average molecular weight is 261 g/mol. The van der Waals surface area contributed by atoms with E-state index in [4.69, 9.17) is 0 Å². The number of hydrogen-bond donors (Lipinski definition) is 2. The van der Waals surface area contributed by atoms with Crippen LogP contribution in [0.2, 0.25) is 0 Å². The summed E-state index contributed by atoms with van der Waals surface area (Å²) in [5.41, 5.74) is 2.15. The molecule has 3 nitrogen and oxygen atoms in total. The van der Waals surface area contributed by atoms with Crippen molar-refractivity contribution >= 4 is 5.91 Å². The van der Waals surface area contributed by atoms with Gasteiger partial charge in [0.05, 0.1) is 13.0 Å². The largest absolute Gasteiger partial charge is 0.396 e. The number of hydrogen-bond acceptors (Lipinski definition) is 2. The molecule has 1 aromatic carbocycles. The maximum atomic E-state index is 11.9. The maximum absolute atomic E-state index is 11.9. The highest BCUT2D eigenvalue weighted by atomic mass is 16.3. The number of aryl methyl sites for hydroxylation is 1. The lowest BCUT2D eigenvalue weighted by Crippen LogP contribution is -2.38. The summed E-state index contributed by atoms with van der Waals surface area (Å²) < 4.78 is 0. The lowest BCUT2D eigenvalue weighted by Gasteiger charge is -2.26. The van der Waals surface area contributed by atoms with Crippen molar-refractivity contribution in [3.63, 3.8) is 0 Å². The fourth-order valence-electron chi connectivity index (χ4n) is 2.87. The molecular weight excluding hydrogens is 238 g/mol. The first-order valence-corrected chi connectivity index (χ1v) is 7.07. The lowest BCUT2D eigenvalue weighted by molar-refractivity contribution is -0.121. The van der Waals surface area contributed by atoms with Crippen molar-refractivity contribution in [2.45, 2.75) is 39.0 Å². The van der Waals surface area contributed by atoms with Crippen LogP contribution < -0.4 is 5.32 Å². The molecule has 19 heavy (non-hydrogen) atoms. The van der Waals surface area contributed by atoms with Crippen LogP contribution in [0.4, 0.5) is 0 Å². The van der Waals surface area contributed by atoms with E-state index in [9.17, 15) is 9.90 Å². The second-order valence-corrected chi connectivity index (χ2v) is 5.81. The molecule has 1 aliphatic rings. The van der Waals surface area contributed by atoms with Crippen molar-refractivity contribution in [3.8, 4) is 0 Å². The third-order valence-corrected chi connectivity index (χ3v) is 4.11. The Bertz CT molecular complexity index is 436. The summed E-state index contributed by atoms with van der Waals surface area (Å²) in [4.78, 5) is 11.9. The summed E-state index contributed by atoms with van der Waals surface area (Å²) >= 11 is 0. The molecule has 3 heteroatoms. The molecule has 1 aliphatic carbocycles. The van der Waals surface area contributed by atoms with Gasteiger partial charge in [0, 0.05) is 12.0 Å². The van der Waals surface area contributed by atoms with E-state index in [0.717, 1.165) is 31.2 Å². The summed E-state index contributed by atoms with van der Waals surface area (Å²) in [6.45, 7) is 2.81. The van der Waals surface area contributed by atoms with Gasteiger partial charge in [-0.1, -0.05) is 42.7 Å². The van der Waals surface area contributed by atoms with Gasteiger partial charge >= 0.3 is 0 Å². The van der Waals surface area contributed by atoms with Gasteiger partial charge in [0.15, 0.2) is 0 Å². The van der Waals surface area contributed by atoms with Crippen molar-refractivity contribution in [1.82, 2.24) is 5.32 Å². The predicted octanol–water partition coefficient (Wildman–Crippen LogP) is 2.21. The second-order valence-electron chi connectivity index (χ2n) is 5.81. The van der Waals surface area contributed by atoms with E-state index in [0.29, 0.717) is 13.0 Å². The maximum Gasteiger partial charge on any atom is 0.224 e. The monoisotopic (exact) mass is 261 g/mol. The van der Waals surface area contributed by atoms with Crippen molar-refractivity contribution in [3.05, 3.63) is 35.4 Å². The van der Waals surface area contributed by atoms with Gasteiger partial charge in [-0.25, -0.2) is 0 Å². The fourth-order valence-corrected chi connectivity index (χ4v) is 2.87. The Morgan fingerprint density at radius 2 is 2.11 bits per heavy atom. The number of carbonyl (C=O) groups excluding carboxylic acids is 1. The molecule has 0 aromatic heterocycles. The minimum absolute atomic E-state index is 0.0466. The molecule has 0 aliphatic heterocycles. The average Bonchev–Trinajstić information content (AvgIpc) is 2.86. The number of aliphatic hydroxyl groups is 1. The topological polar surface area (TPSA) is 49.3 Å². The molecular formula is C16H23NO2. The summed E-state index contributed by atoms with van der Waals surface area (Å²) in [5.74, 6) is 0.0466. The SMILES string of the molecule is Cc1cccc(CC(=O)NCC2(CO)CCCC2)c1. The minimum Gasteiger partial charge on any atom is -0.396 e. The van der Waals surface area contributed by atoms with Crippen LogP contribution in [0, 0.1) is 12.3 Å². The van der Waals surface area contributed by atoms with Crippen LogP contribution in [0.25, 0.3) is 0 Å². The van der Waals surface area contributed by atoms with E-state index >= 15 is 0 Å². The number of nitrogens with one attached hydrogen (secondary N) is 1. The fraction of sp³-hybridized carbons (Fsp3) is 0.562. The highest BCUT2D eigenvalue weighted by Gasteiger charge is 2.33. The van der Waals surface area contributed by atoms with Crippen LogP contribution in [0.15, 0.2) is 24.3 Å². The molecule has 1 fully saturated rings. The van der Waals surface area contributed by atoms with Crippen LogP contribution in [-0.4, -0.2) is 24.2 Å². The Balaban J connectivity index is 1.84. The Labute approximate surface area is 115 Å². The minimum atomic E-state index is -0.0672. The van der Waals surface area contributed by atoms with Gasteiger partial charge in [0.25, 0.3) is 0 Å². The molecule has 0 saturated heterocycles. The number of amides is 1. The van der Waals surface area contributed by atoms with Gasteiger partial charge in [-0.3, -0.25) is 4.79 Å². The standard InChI is InChI=1S/C16H23NO2/c1-13-5-4-6-14(9-13)10-15(19)17-11-16(12-18)7-2-3-8-16/h4-6,9,18H,2-3,7-8,10-12H2,1H3,(H,17,19). The zero-order valence-electron chi connectivity index (χ0n) is 11.6. The van der Waals surface area contributed by atoms with E-state index in [2.05, 4.69) is 5.32 Å². The van der Waals surface area contributed by atoms with Crippen molar-refractivity contribution < 1.29 is 9.90 Å². The second kappa shape index (κ2) is 6.20. The van der Waals surface area contributed by atoms with Crippen molar-refractivity contribution in [1.29, 1.82) is 0 Å². The smallest absolute Gasteiger partial charge is 0.224 e. The van der Waals surface area contributed by atoms with Gasteiger partial charge < -0.3 is 10.4 Å². The molecule has 0 radical (unpaired) electrons. The van der Waals surface area contributed by atoms with Gasteiger partial charge in [-0.15, -0.1) is 0 Å². The van der Waals surface area contributed by atoms with E-state index in [-0.39, 0.29) is 17.9 Å². The third kappa shape index (κ3) is 3.80. The van der Waals surface area contributed by atoms with Crippen LogP contribution in [0.5, 0.6) is 0 Å².